The van der Waals surface area contributed by atoms with Crippen molar-refractivity contribution in [3.63, 3.8) is 0 Å². The molecule has 4 N–H and O–H groups in total. The highest BCUT2D eigenvalue weighted by atomic mass is 35.5. The molecule has 8 nitrogen and oxygen atoms in total. The zero-order chi connectivity index (χ0) is 18.4. The molecule has 136 valence electrons. The van der Waals surface area contributed by atoms with Gasteiger partial charge in [0, 0.05) is 24.8 Å². The lowest BCUT2D eigenvalue weighted by atomic mass is 10.1. The topological polar surface area (TPSA) is 114 Å². The summed E-state index contributed by atoms with van der Waals surface area (Å²) in [6.45, 7) is 3.00. The largest absolute Gasteiger partial charge is 0.450 e. The van der Waals surface area contributed by atoms with Crippen molar-refractivity contribution in [3.05, 3.63) is 23.2 Å². The number of ether oxygens (including phenoxy) is 1. The highest BCUT2D eigenvalue weighted by Crippen LogP contribution is 2.23. The molecule has 0 aliphatic carbocycles. The predicted octanol–water partition coefficient (Wildman–Crippen LogP) is 1.60. The van der Waals surface area contributed by atoms with E-state index in [9.17, 15) is 14.4 Å². The first-order chi connectivity index (χ1) is 11.9. The van der Waals surface area contributed by atoms with Crippen molar-refractivity contribution in [1.29, 1.82) is 0 Å². The quantitative estimate of drug-likeness (QED) is 0.554. The lowest BCUT2D eigenvalue weighted by molar-refractivity contribution is -0.136. The van der Waals surface area contributed by atoms with Crippen molar-refractivity contribution < 1.29 is 19.1 Å². The Kier molecular flexibility index (Phi) is 6.46. The molecule has 0 bridgehead atoms. The Bertz CT molecular complexity index is 660. The van der Waals surface area contributed by atoms with E-state index in [0.717, 1.165) is 0 Å². The fraction of sp³-hybridized carbons (Fsp3) is 0.438. The van der Waals surface area contributed by atoms with Gasteiger partial charge < -0.3 is 26.0 Å². The zero-order valence-electron chi connectivity index (χ0n) is 13.9. The van der Waals surface area contributed by atoms with Crippen LogP contribution >= 0.6 is 11.6 Å². The lowest BCUT2D eigenvalue weighted by Gasteiger charge is -2.31. The van der Waals surface area contributed by atoms with Crippen molar-refractivity contribution in [2.75, 3.05) is 30.7 Å². The second-order valence-electron chi connectivity index (χ2n) is 5.63. The van der Waals surface area contributed by atoms with Gasteiger partial charge in [0.1, 0.15) is 0 Å². The van der Waals surface area contributed by atoms with E-state index in [1.807, 2.05) is 0 Å². The molecule has 0 atom stereocenters. The molecule has 1 aromatic carbocycles. The number of hydrogen-bond donors (Lipinski definition) is 3. The molecule has 3 amide bonds. The number of halogens is 1. The minimum atomic E-state index is -0.806. The van der Waals surface area contributed by atoms with E-state index in [1.165, 1.54) is 12.1 Å². The van der Waals surface area contributed by atoms with Crippen LogP contribution in [0.5, 0.6) is 0 Å². The lowest BCUT2D eigenvalue weighted by Crippen LogP contribution is -2.49. The number of carbonyl (C=O) groups excluding carboxylic acids is 3. The van der Waals surface area contributed by atoms with Gasteiger partial charge in [0.2, 0.25) is 0 Å². The van der Waals surface area contributed by atoms with Gasteiger partial charge in [0.05, 0.1) is 17.3 Å². The van der Waals surface area contributed by atoms with Crippen molar-refractivity contribution in [2.45, 2.75) is 25.8 Å². The molecule has 9 heteroatoms. The van der Waals surface area contributed by atoms with Crippen LogP contribution in [0.3, 0.4) is 0 Å². The molecular formula is C16H21ClN4O4. The molecule has 1 aliphatic heterocycles. The smallest absolute Gasteiger partial charge is 0.409 e. The number of amides is 3. The third kappa shape index (κ3) is 5.25. The normalized spacial score (nSPS) is 14.7. The van der Waals surface area contributed by atoms with Gasteiger partial charge in [-0.3, -0.25) is 9.59 Å². The van der Waals surface area contributed by atoms with Gasteiger partial charge in [-0.15, -0.1) is 0 Å². The minimum Gasteiger partial charge on any atom is -0.450 e. The summed E-state index contributed by atoms with van der Waals surface area (Å²) in [4.78, 5) is 37.2. The number of nitrogens with zero attached hydrogens (tertiary/aromatic N) is 1. The Morgan fingerprint density at radius 1 is 1.28 bits per heavy atom. The van der Waals surface area contributed by atoms with E-state index in [1.54, 1.807) is 17.9 Å². The summed E-state index contributed by atoms with van der Waals surface area (Å²) < 4.78 is 4.94. The Morgan fingerprint density at radius 2 is 1.96 bits per heavy atom. The molecule has 1 saturated heterocycles. The molecule has 1 aliphatic rings. The summed E-state index contributed by atoms with van der Waals surface area (Å²) in [6, 6.07) is 4.41. The molecule has 1 aromatic rings. The van der Waals surface area contributed by atoms with E-state index in [-0.39, 0.29) is 17.2 Å². The van der Waals surface area contributed by atoms with Gasteiger partial charge in [-0.1, -0.05) is 11.6 Å². The minimum absolute atomic E-state index is 0.175. The summed E-state index contributed by atoms with van der Waals surface area (Å²) in [5.41, 5.74) is 6.35. The van der Waals surface area contributed by atoms with Gasteiger partial charge in [0.25, 0.3) is 0 Å². The van der Waals surface area contributed by atoms with Crippen LogP contribution in [0, 0.1) is 0 Å². The van der Waals surface area contributed by atoms with Crippen LogP contribution in [0.1, 0.15) is 19.8 Å². The zero-order valence-corrected chi connectivity index (χ0v) is 14.6. The second kappa shape index (κ2) is 8.57. The van der Waals surface area contributed by atoms with Gasteiger partial charge in [-0.2, -0.15) is 0 Å². The van der Waals surface area contributed by atoms with E-state index < -0.39 is 11.8 Å². The summed E-state index contributed by atoms with van der Waals surface area (Å²) in [6.07, 6.45) is 0.754. The van der Waals surface area contributed by atoms with Crippen LogP contribution in [0.25, 0.3) is 0 Å². The third-order valence-corrected chi connectivity index (χ3v) is 4.12. The second-order valence-corrected chi connectivity index (χ2v) is 6.03. The summed E-state index contributed by atoms with van der Waals surface area (Å²) >= 11 is 5.97. The Morgan fingerprint density at radius 3 is 2.56 bits per heavy atom. The Balaban J connectivity index is 1.82. The highest BCUT2D eigenvalue weighted by molar-refractivity contribution is 6.41. The monoisotopic (exact) mass is 368 g/mol. The molecule has 0 spiro atoms. The standard InChI is InChI=1S/C16H21ClN4O4/c1-2-25-16(24)21-7-5-11(6-8-21)19-14(22)15(23)20-13-4-3-10(18)9-12(13)17/h3-4,9,11H,2,5-8,18H2,1H3,(H,19,22)(H,20,23). The molecule has 0 unspecified atom stereocenters. The van der Waals surface area contributed by atoms with E-state index in [0.29, 0.717) is 43.9 Å². The maximum atomic E-state index is 12.0. The van der Waals surface area contributed by atoms with E-state index in [2.05, 4.69) is 10.6 Å². The fourth-order valence-electron chi connectivity index (χ4n) is 2.48. The van der Waals surface area contributed by atoms with Crippen molar-refractivity contribution in [1.82, 2.24) is 10.2 Å². The number of carbonyl (C=O) groups is 3. The Labute approximate surface area is 150 Å². The van der Waals surface area contributed by atoms with Crippen LogP contribution < -0.4 is 16.4 Å². The highest BCUT2D eigenvalue weighted by Gasteiger charge is 2.26. The molecule has 1 heterocycles. The average Bonchev–Trinajstić information content (AvgIpc) is 2.58. The SMILES string of the molecule is CCOC(=O)N1CCC(NC(=O)C(=O)Nc2ccc(N)cc2Cl)CC1. The van der Waals surface area contributed by atoms with Gasteiger partial charge in [-0.05, 0) is 38.0 Å². The molecular weight excluding hydrogens is 348 g/mol. The number of hydrogen-bond acceptors (Lipinski definition) is 5. The van der Waals surface area contributed by atoms with Crippen LogP contribution in [-0.4, -0.2) is 48.5 Å². The maximum Gasteiger partial charge on any atom is 0.409 e. The number of rotatable bonds is 3. The van der Waals surface area contributed by atoms with Crippen LogP contribution in [0.2, 0.25) is 5.02 Å². The molecule has 0 saturated carbocycles. The number of nitrogen functional groups attached to an aromatic ring is 1. The first kappa shape index (κ1) is 18.9. The third-order valence-electron chi connectivity index (χ3n) is 3.80. The van der Waals surface area contributed by atoms with Gasteiger partial charge in [0.15, 0.2) is 0 Å². The van der Waals surface area contributed by atoms with Crippen LogP contribution in [0.4, 0.5) is 16.2 Å². The van der Waals surface area contributed by atoms with E-state index >= 15 is 0 Å². The van der Waals surface area contributed by atoms with E-state index in [4.69, 9.17) is 22.1 Å². The maximum absolute atomic E-state index is 12.0. The molecule has 25 heavy (non-hydrogen) atoms. The van der Waals surface area contributed by atoms with Crippen LogP contribution in [-0.2, 0) is 14.3 Å². The average molecular weight is 369 g/mol. The van der Waals surface area contributed by atoms with Crippen molar-refractivity contribution in [2.24, 2.45) is 0 Å². The molecule has 2 rings (SSSR count). The predicted molar refractivity (Wildman–Crippen MR) is 94.3 cm³/mol. The molecule has 1 fully saturated rings. The number of anilines is 2. The number of nitrogens with one attached hydrogen (secondary N) is 2. The van der Waals surface area contributed by atoms with Gasteiger partial charge in [-0.25, -0.2) is 4.79 Å². The summed E-state index contributed by atoms with van der Waals surface area (Å²) in [5.74, 6) is -1.55. The van der Waals surface area contributed by atoms with Crippen LogP contribution in [0.15, 0.2) is 18.2 Å². The first-order valence-electron chi connectivity index (χ1n) is 7.99. The molecule has 0 radical (unpaired) electrons. The first-order valence-corrected chi connectivity index (χ1v) is 8.37. The molecule has 0 aromatic heterocycles. The number of likely N-dealkylation sites (tertiary alicyclic amines) is 1. The van der Waals surface area contributed by atoms with Gasteiger partial charge >= 0.3 is 17.9 Å². The Hall–Kier alpha value is -2.48. The summed E-state index contributed by atoms with van der Waals surface area (Å²) in [7, 11) is 0. The van der Waals surface area contributed by atoms with Crippen molar-refractivity contribution in [3.8, 4) is 0 Å². The summed E-state index contributed by atoms with van der Waals surface area (Å²) in [5, 5.41) is 5.36. The van der Waals surface area contributed by atoms with Crippen molar-refractivity contribution >= 4 is 40.9 Å². The number of piperidine rings is 1. The fourth-order valence-corrected chi connectivity index (χ4v) is 2.72. The number of nitrogens with two attached hydrogens (primary N) is 1. The number of benzene rings is 1.